The van der Waals surface area contributed by atoms with Crippen molar-refractivity contribution >= 4 is 16.1 Å². The van der Waals surface area contributed by atoms with Crippen LogP contribution in [0.1, 0.15) is 29.9 Å². The van der Waals surface area contributed by atoms with E-state index in [4.69, 9.17) is 4.74 Å². The second kappa shape index (κ2) is 6.29. The van der Waals surface area contributed by atoms with Gasteiger partial charge in [-0.2, -0.15) is 8.42 Å². The molecule has 0 unspecified atom stereocenters. The predicted octanol–water partition coefficient (Wildman–Crippen LogP) is 0.442. The molecule has 1 aromatic rings. The number of carbonyl (C=O) groups is 1. The standard InChI is InChI=1S/C12H17NO6S/c1-4-18-11(14)10-6-5-9(7-13-10)12(2,15)8-19-20(3,16)17/h5-7,15H,4,8H2,1-3H3/t12-/m1/s1. The van der Waals surface area contributed by atoms with Crippen LogP contribution >= 0.6 is 0 Å². The highest BCUT2D eigenvalue weighted by Crippen LogP contribution is 2.21. The number of esters is 1. The van der Waals surface area contributed by atoms with E-state index in [1.165, 1.54) is 25.3 Å². The Morgan fingerprint density at radius 1 is 1.45 bits per heavy atom. The topological polar surface area (TPSA) is 103 Å². The number of aliphatic hydroxyl groups is 1. The zero-order chi connectivity index (χ0) is 15.4. The maximum absolute atomic E-state index is 11.4. The van der Waals surface area contributed by atoms with Crippen molar-refractivity contribution in [2.75, 3.05) is 19.5 Å². The van der Waals surface area contributed by atoms with Gasteiger partial charge in [0.25, 0.3) is 10.1 Å². The molecule has 0 radical (unpaired) electrons. The molecule has 0 saturated carbocycles. The SMILES string of the molecule is CCOC(=O)c1ccc([C@](C)(O)COS(C)(=O)=O)cn1. The van der Waals surface area contributed by atoms with Crippen molar-refractivity contribution in [1.29, 1.82) is 0 Å². The largest absolute Gasteiger partial charge is 0.461 e. The molecule has 0 amide bonds. The predicted molar refractivity (Wildman–Crippen MR) is 70.6 cm³/mol. The maximum Gasteiger partial charge on any atom is 0.356 e. The second-order valence-electron chi connectivity index (χ2n) is 4.39. The second-order valence-corrected chi connectivity index (χ2v) is 6.04. The van der Waals surface area contributed by atoms with Crippen molar-refractivity contribution in [2.45, 2.75) is 19.4 Å². The molecule has 0 aliphatic carbocycles. The molecule has 0 fully saturated rings. The Balaban J connectivity index is 2.83. The molecular formula is C12H17NO6S. The molecule has 0 aliphatic heterocycles. The van der Waals surface area contributed by atoms with Crippen LogP contribution in [0.3, 0.4) is 0 Å². The summed E-state index contributed by atoms with van der Waals surface area (Å²) in [4.78, 5) is 15.3. The van der Waals surface area contributed by atoms with Gasteiger partial charge in [-0.05, 0) is 19.9 Å². The summed E-state index contributed by atoms with van der Waals surface area (Å²) in [7, 11) is -3.65. The summed E-state index contributed by atoms with van der Waals surface area (Å²) < 4.78 is 31.2. The van der Waals surface area contributed by atoms with Gasteiger partial charge >= 0.3 is 5.97 Å². The minimum absolute atomic E-state index is 0.107. The van der Waals surface area contributed by atoms with E-state index >= 15 is 0 Å². The summed E-state index contributed by atoms with van der Waals surface area (Å²) in [5, 5.41) is 10.1. The molecule has 0 aliphatic rings. The van der Waals surface area contributed by atoms with Crippen LogP contribution in [0.15, 0.2) is 18.3 Å². The first kappa shape index (κ1) is 16.5. The van der Waals surface area contributed by atoms with Gasteiger partial charge in [-0.3, -0.25) is 4.18 Å². The number of hydrogen-bond acceptors (Lipinski definition) is 7. The lowest BCUT2D eigenvalue weighted by Crippen LogP contribution is -2.29. The van der Waals surface area contributed by atoms with Crippen LogP contribution in [-0.4, -0.2) is 43.9 Å². The van der Waals surface area contributed by atoms with Crippen molar-refractivity contribution < 1.29 is 27.2 Å². The molecule has 8 heteroatoms. The fraction of sp³-hybridized carbons (Fsp3) is 0.500. The van der Waals surface area contributed by atoms with Gasteiger partial charge < -0.3 is 9.84 Å². The smallest absolute Gasteiger partial charge is 0.356 e. The summed E-state index contributed by atoms with van der Waals surface area (Å²) >= 11 is 0. The maximum atomic E-state index is 11.4. The Morgan fingerprint density at radius 3 is 2.55 bits per heavy atom. The first-order valence-electron chi connectivity index (χ1n) is 5.86. The lowest BCUT2D eigenvalue weighted by Gasteiger charge is -2.22. The Hall–Kier alpha value is -1.51. The zero-order valence-electron chi connectivity index (χ0n) is 11.5. The number of carbonyl (C=O) groups excluding carboxylic acids is 1. The van der Waals surface area contributed by atoms with E-state index in [0.717, 1.165) is 6.26 Å². The number of pyridine rings is 1. The van der Waals surface area contributed by atoms with Crippen molar-refractivity contribution in [3.8, 4) is 0 Å². The van der Waals surface area contributed by atoms with Crippen molar-refractivity contribution in [3.05, 3.63) is 29.6 Å². The highest BCUT2D eigenvalue weighted by atomic mass is 32.2. The van der Waals surface area contributed by atoms with E-state index in [2.05, 4.69) is 9.17 Å². The Bertz CT molecular complexity index is 564. The van der Waals surface area contributed by atoms with Crippen LogP contribution in [0.4, 0.5) is 0 Å². The highest BCUT2D eigenvalue weighted by molar-refractivity contribution is 7.85. The highest BCUT2D eigenvalue weighted by Gasteiger charge is 2.26. The first-order chi connectivity index (χ1) is 9.15. The van der Waals surface area contributed by atoms with E-state index in [0.29, 0.717) is 5.56 Å². The van der Waals surface area contributed by atoms with Gasteiger partial charge in [-0.25, -0.2) is 9.78 Å². The summed E-state index contributed by atoms with van der Waals surface area (Å²) in [5.41, 5.74) is -1.10. The van der Waals surface area contributed by atoms with Gasteiger partial charge in [-0.15, -0.1) is 0 Å². The Kier molecular flexibility index (Phi) is 5.21. The van der Waals surface area contributed by atoms with Crippen LogP contribution < -0.4 is 0 Å². The van der Waals surface area contributed by atoms with Crippen molar-refractivity contribution in [2.24, 2.45) is 0 Å². The quantitative estimate of drug-likeness (QED) is 0.601. The van der Waals surface area contributed by atoms with Gasteiger partial charge in [0.15, 0.2) is 0 Å². The molecule has 1 atom stereocenters. The molecule has 0 aromatic carbocycles. The minimum atomic E-state index is -3.65. The lowest BCUT2D eigenvalue weighted by molar-refractivity contribution is 0.00969. The number of aromatic nitrogens is 1. The summed E-state index contributed by atoms with van der Waals surface area (Å²) in [5.74, 6) is -0.564. The van der Waals surface area contributed by atoms with Gasteiger partial charge in [0.05, 0.1) is 19.5 Å². The third-order valence-electron chi connectivity index (χ3n) is 2.42. The molecule has 112 valence electrons. The third-order valence-corrected chi connectivity index (χ3v) is 2.97. The van der Waals surface area contributed by atoms with E-state index in [1.807, 2.05) is 0 Å². The Morgan fingerprint density at radius 2 is 2.10 bits per heavy atom. The molecule has 0 spiro atoms. The molecule has 0 saturated heterocycles. The minimum Gasteiger partial charge on any atom is -0.461 e. The van der Waals surface area contributed by atoms with Crippen LogP contribution in [0.2, 0.25) is 0 Å². The number of hydrogen-bond donors (Lipinski definition) is 1. The monoisotopic (exact) mass is 303 g/mol. The van der Waals surface area contributed by atoms with Gasteiger partial charge in [0.1, 0.15) is 11.3 Å². The molecule has 1 N–H and O–H groups in total. The Labute approximate surface area is 117 Å². The van der Waals surface area contributed by atoms with E-state index in [1.54, 1.807) is 6.92 Å². The number of ether oxygens (including phenoxy) is 1. The molecule has 0 bridgehead atoms. The molecule has 1 aromatic heterocycles. The van der Waals surface area contributed by atoms with Crippen molar-refractivity contribution in [1.82, 2.24) is 4.98 Å². The van der Waals surface area contributed by atoms with Crippen LogP contribution in [-0.2, 0) is 24.6 Å². The first-order valence-corrected chi connectivity index (χ1v) is 7.68. The molecule has 7 nitrogen and oxygen atoms in total. The van der Waals surface area contributed by atoms with E-state index in [9.17, 15) is 18.3 Å². The molecule has 20 heavy (non-hydrogen) atoms. The van der Waals surface area contributed by atoms with Crippen LogP contribution in [0, 0.1) is 0 Å². The fourth-order valence-corrected chi connectivity index (χ4v) is 1.79. The molecule has 1 heterocycles. The van der Waals surface area contributed by atoms with E-state index < -0.39 is 28.3 Å². The molecular weight excluding hydrogens is 286 g/mol. The summed E-state index contributed by atoms with van der Waals surface area (Å²) in [6.07, 6.45) is 2.17. The van der Waals surface area contributed by atoms with Gasteiger partial charge in [0, 0.05) is 11.8 Å². The summed E-state index contributed by atoms with van der Waals surface area (Å²) in [6, 6.07) is 2.85. The number of nitrogens with zero attached hydrogens (tertiary/aromatic N) is 1. The van der Waals surface area contributed by atoms with Crippen LogP contribution in [0.5, 0.6) is 0 Å². The van der Waals surface area contributed by atoms with Gasteiger partial charge in [0.2, 0.25) is 0 Å². The molecule has 1 rings (SSSR count). The number of rotatable bonds is 6. The van der Waals surface area contributed by atoms with Gasteiger partial charge in [-0.1, -0.05) is 6.07 Å². The van der Waals surface area contributed by atoms with E-state index in [-0.39, 0.29) is 12.3 Å². The van der Waals surface area contributed by atoms with Crippen molar-refractivity contribution in [3.63, 3.8) is 0 Å². The average Bonchev–Trinajstić information content (AvgIpc) is 2.36. The fourth-order valence-electron chi connectivity index (χ4n) is 1.34. The normalized spacial score (nSPS) is 14.6. The lowest BCUT2D eigenvalue weighted by atomic mass is 9.99. The zero-order valence-corrected chi connectivity index (χ0v) is 12.3. The third kappa shape index (κ3) is 4.87. The summed E-state index contributed by atoms with van der Waals surface area (Å²) in [6.45, 7) is 2.87. The van der Waals surface area contributed by atoms with Crippen LogP contribution in [0.25, 0.3) is 0 Å². The average molecular weight is 303 g/mol.